The van der Waals surface area contributed by atoms with Crippen LogP contribution in [0, 0.1) is 5.82 Å². The van der Waals surface area contributed by atoms with Crippen molar-refractivity contribution in [3.8, 4) is 0 Å². The molecular formula is C16H14F4O. The first-order chi connectivity index (χ1) is 9.80. The van der Waals surface area contributed by atoms with Gasteiger partial charge in [-0.1, -0.05) is 43.3 Å². The fourth-order valence-electron chi connectivity index (χ4n) is 2.17. The van der Waals surface area contributed by atoms with E-state index in [0.29, 0.717) is 6.07 Å². The van der Waals surface area contributed by atoms with Gasteiger partial charge in [0.25, 0.3) is 0 Å². The molecule has 0 aromatic heterocycles. The Labute approximate surface area is 119 Å². The van der Waals surface area contributed by atoms with Crippen LogP contribution in [0.15, 0.2) is 48.5 Å². The van der Waals surface area contributed by atoms with Gasteiger partial charge in [0.1, 0.15) is 5.82 Å². The van der Waals surface area contributed by atoms with Crippen LogP contribution in [0.5, 0.6) is 0 Å². The highest BCUT2D eigenvalue weighted by atomic mass is 19.4. The van der Waals surface area contributed by atoms with E-state index in [1.54, 1.807) is 31.2 Å². The Morgan fingerprint density at radius 1 is 0.952 bits per heavy atom. The van der Waals surface area contributed by atoms with E-state index in [-0.39, 0.29) is 11.5 Å². The summed E-state index contributed by atoms with van der Waals surface area (Å²) in [4.78, 5) is 0. The minimum Gasteiger partial charge on any atom is -0.388 e. The number of alkyl halides is 3. The Kier molecular flexibility index (Phi) is 4.32. The molecule has 2 aromatic rings. The van der Waals surface area contributed by atoms with Crippen molar-refractivity contribution in [3.05, 3.63) is 71.0 Å². The zero-order valence-electron chi connectivity index (χ0n) is 11.2. The highest BCUT2D eigenvalue weighted by molar-refractivity contribution is 5.31. The molecule has 2 unspecified atom stereocenters. The fraction of sp³-hybridized carbons (Fsp3) is 0.250. The van der Waals surface area contributed by atoms with Gasteiger partial charge in [0.15, 0.2) is 0 Å². The lowest BCUT2D eigenvalue weighted by atomic mass is 9.90. The summed E-state index contributed by atoms with van der Waals surface area (Å²) < 4.78 is 51.0. The topological polar surface area (TPSA) is 20.2 Å². The second-order valence-corrected chi connectivity index (χ2v) is 4.88. The predicted octanol–water partition coefficient (Wildman–Crippen LogP) is 4.68. The van der Waals surface area contributed by atoms with Crippen molar-refractivity contribution in [1.29, 1.82) is 0 Å². The molecule has 0 spiro atoms. The first-order valence-electron chi connectivity index (χ1n) is 6.40. The first kappa shape index (κ1) is 15.5. The molecule has 1 N–H and O–H groups in total. The smallest absolute Gasteiger partial charge is 0.388 e. The molecule has 0 radical (unpaired) electrons. The number of hydrogen-bond donors (Lipinski definition) is 1. The molecule has 5 heteroatoms. The first-order valence-corrected chi connectivity index (χ1v) is 6.40. The van der Waals surface area contributed by atoms with Gasteiger partial charge in [0, 0.05) is 5.92 Å². The van der Waals surface area contributed by atoms with Crippen molar-refractivity contribution in [2.45, 2.75) is 25.1 Å². The fourth-order valence-corrected chi connectivity index (χ4v) is 2.17. The Balaban J connectivity index is 2.28. The minimum atomic E-state index is -4.74. The molecule has 0 saturated carbocycles. The molecule has 0 aliphatic rings. The van der Waals surface area contributed by atoms with Crippen LogP contribution in [0.3, 0.4) is 0 Å². The molecule has 0 heterocycles. The van der Waals surface area contributed by atoms with E-state index < -0.39 is 23.7 Å². The van der Waals surface area contributed by atoms with E-state index in [1.807, 2.05) is 6.07 Å². The van der Waals surface area contributed by atoms with Gasteiger partial charge in [-0.15, -0.1) is 0 Å². The third-order valence-corrected chi connectivity index (χ3v) is 3.44. The van der Waals surface area contributed by atoms with Crippen LogP contribution in [-0.4, -0.2) is 5.11 Å². The van der Waals surface area contributed by atoms with Gasteiger partial charge in [-0.05, 0) is 23.3 Å². The molecule has 2 rings (SSSR count). The maximum atomic E-state index is 13.5. The highest BCUT2D eigenvalue weighted by Gasteiger charge is 2.34. The lowest BCUT2D eigenvalue weighted by Gasteiger charge is -2.20. The standard InChI is InChI=1S/C16H14F4O/c1-10(11-5-3-2-4-6-11)15(21)12-7-8-13(14(17)9-12)16(18,19)20/h2-10,15,21H,1H3. The van der Waals surface area contributed by atoms with Gasteiger partial charge in [0.2, 0.25) is 0 Å². The van der Waals surface area contributed by atoms with Crippen LogP contribution < -0.4 is 0 Å². The molecule has 0 saturated heterocycles. The number of hydrogen-bond acceptors (Lipinski definition) is 1. The maximum Gasteiger partial charge on any atom is 0.419 e. The molecule has 0 bridgehead atoms. The van der Waals surface area contributed by atoms with E-state index in [9.17, 15) is 22.7 Å². The summed E-state index contributed by atoms with van der Waals surface area (Å²) in [6, 6.07) is 11.5. The maximum absolute atomic E-state index is 13.5. The van der Waals surface area contributed by atoms with Crippen molar-refractivity contribution < 1.29 is 22.7 Å². The quantitative estimate of drug-likeness (QED) is 0.816. The molecule has 2 atom stereocenters. The number of aliphatic hydroxyl groups excluding tert-OH is 1. The van der Waals surface area contributed by atoms with Crippen LogP contribution in [0.4, 0.5) is 17.6 Å². The molecular weight excluding hydrogens is 284 g/mol. The molecule has 1 nitrogen and oxygen atoms in total. The Morgan fingerprint density at radius 3 is 2.10 bits per heavy atom. The number of aliphatic hydroxyl groups is 1. The second-order valence-electron chi connectivity index (χ2n) is 4.88. The average molecular weight is 298 g/mol. The minimum absolute atomic E-state index is 0.122. The lowest BCUT2D eigenvalue weighted by Crippen LogP contribution is -2.11. The van der Waals surface area contributed by atoms with Crippen LogP contribution in [0.2, 0.25) is 0 Å². The third-order valence-electron chi connectivity index (χ3n) is 3.44. The summed E-state index contributed by atoms with van der Waals surface area (Å²) in [5.41, 5.74) is -0.382. The van der Waals surface area contributed by atoms with Gasteiger partial charge in [0.05, 0.1) is 11.7 Å². The SMILES string of the molecule is CC(c1ccccc1)C(O)c1ccc(C(F)(F)F)c(F)c1. The number of benzene rings is 2. The summed E-state index contributed by atoms with van der Waals surface area (Å²) >= 11 is 0. The molecule has 21 heavy (non-hydrogen) atoms. The zero-order chi connectivity index (χ0) is 15.6. The Bertz CT molecular complexity index is 607. The molecule has 0 aliphatic carbocycles. The van der Waals surface area contributed by atoms with Crippen LogP contribution >= 0.6 is 0 Å². The van der Waals surface area contributed by atoms with Crippen molar-refractivity contribution >= 4 is 0 Å². The number of rotatable bonds is 3. The van der Waals surface area contributed by atoms with E-state index in [0.717, 1.165) is 17.7 Å². The zero-order valence-corrected chi connectivity index (χ0v) is 11.2. The molecule has 2 aromatic carbocycles. The van der Waals surface area contributed by atoms with E-state index in [1.165, 1.54) is 0 Å². The summed E-state index contributed by atoms with van der Waals surface area (Å²) in [5.74, 6) is -1.73. The molecule has 112 valence electrons. The lowest BCUT2D eigenvalue weighted by molar-refractivity contribution is -0.140. The summed E-state index contributed by atoms with van der Waals surface area (Å²) in [6.45, 7) is 1.73. The third kappa shape index (κ3) is 3.42. The van der Waals surface area contributed by atoms with Crippen molar-refractivity contribution in [1.82, 2.24) is 0 Å². The van der Waals surface area contributed by atoms with E-state index in [2.05, 4.69) is 0 Å². The predicted molar refractivity (Wildman–Crippen MR) is 71.2 cm³/mol. The van der Waals surface area contributed by atoms with Gasteiger partial charge >= 0.3 is 6.18 Å². The van der Waals surface area contributed by atoms with Crippen LogP contribution in [0.25, 0.3) is 0 Å². The molecule has 0 aliphatic heterocycles. The largest absolute Gasteiger partial charge is 0.419 e. The Hall–Kier alpha value is -1.88. The summed E-state index contributed by atoms with van der Waals surface area (Å²) in [6.07, 6.45) is -5.82. The monoisotopic (exact) mass is 298 g/mol. The summed E-state index contributed by atoms with van der Waals surface area (Å²) in [7, 11) is 0. The van der Waals surface area contributed by atoms with Crippen LogP contribution in [-0.2, 0) is 6.18 Å². The van der Waals surface area contributed by atoms with Gasteiger partial charge < -0.3 is 5.11 Å². The van der Waals surface area contributed by atoms with Gasteiger partial charge in [-0.3, -0.25) is 0 Å². The van der Waals surface area contributed by atoms with Crippen molar-refractivity contribution in [2.75, 3.05) is 0 Å². The second kappa shape index (κ2) is 5.85. The van der Waals surface area contributed by atoms with Gasteiger partial charge in [-0.25, -0.2) is 4.39 Å². The van der Waals surface area contributed by atoms with Gasteiger partial charge in [-0.2, -0.15) is 13.2 Å². The van der Waals surface area contributed by atoms with Crippen molar-refractivity contribution in [3.63, 3.8) is 0 Å². The summed E-state index contributed by atoms with van der Waals surface area (Å²) in [5, 5.41) is 10.2. The number of halogens is 4. The van der Waals surface area contributed by atoms with Crippen LogP contribution in [0.1, 0.15) is 35.6 Å². The van der Waals surface area contributed by atoms with E-state index >= 15 is 0 Å². The average Bonchev–Trinajstić information content (AvgIpc) is 2.45. The normalized spacial score (nSPS) is 14.8. The molecule has 0 fully saturated rings. The highest BCUT2D eigenvalue weighted by Crippen LogP contribution is 2.35. The van der Waals surface area contributed by atoms with E-state index in [4.69, 9.17) is 0 Å². The van der Waals surface area contributed by atoms with Crippen molar-refractivity contribution in [2.24, 2.45) is 0 Å². The Morgan fingerprint density at radius 2 is 1.57 bits per heavy atom. The molecule has 0 amide bonds.